The molecule has 1 amide bonds. The molecule has 1 N–H and O–H groups in total. The monoisotopic (exact) mass is 450 g/mol. The standard InChI is InChI=1S/C21H22N4OS.2ClH/c1-15-20(27-19(24-15)12-16-6-3-2-4-7-16)21(26)25-11-10-23-14-18(25)17-8-5-9-22-13-17;;/h2-9,13,18,23H,10-12,14H2,1H3;2*1H. The van der Waals surface area contributed by atoms with Crippen molar-refractivity contribution in [2.45, 2.75) is 19.4 Å². The molecular formula is C21H24Cl2N4OS. The van der Waals surface area contributed by atoms with Crippen molar-refractivity contribution >= 4 is 42.1 Å². The van der Waals surface area contributed by atoms with Crippen molar-refractivity contribution in [1.29, 1.82) is 0 Å². The molecule has 1 aromatic carbocycles. The highest BCUT2D eigenvalue weighted by Crippen LogP contribution is 2.28. The predicted octanol–water partition coefficient (Wildman–Crippen LogP) is 4.07. The molecule has 8 heteroatoms. The second-order valence-electron chi connectivity index (χ2n) is 6.69. The van der Waals surface area contributed by atoms with Crippen molar-refractivity contribution in [2.75, 3.05) is 19.6 Å². The highest BCUT2D eigenvalue weighted by Gasteiger charge is 2.30. The summed E-state index contributed by atoms with van der Waals surface area (Å²) in [6.45, 7) is 4.16. The fourth-order valence-electron chi connectivity index (χ4n) is 3.45. The Bertz CT molecular complexity index is 921. The number of hydrogen-bond donors (Lipinski definition) is 1. The van der Waals surface area contributed by atoms with Crippen LogP contribution in [0.15, 0.2) is 54.9 Å². The van der Waals surface area contributed by atoms with Gasteiger partial charge in [-0.2, -0.15) is 0 Å². The van der Waals surface area contributed by atoms with E-state index in [1.54, 1.807) is 6.20 Å². The van der Waals surface area contributed by atoms with E-state index in [1.807, 2.05) is 48.4 Å². The van der Waals surface area contributed by atoms with E-state index in [1.165, 1.54) is 16.9 Å². The molecule has 0 aliphatic carbocycles. The summed E-state index contributed by atoms with van der Waals surface area (Å²) in [5, 5.41) is 4.37. The molecule has 1 unspecified atom stereocenters. The van der Waals surface area contributed by atoms with E-state index < -0.39 is 0 Å². The van der Waals surface area contributed by atoms with Crippen LogP contribution in [-0.4, -0.2) is 40.4 Å². The van der Waals surface area contributed by atoms with E-state index in [4.69, 9.17) is 0 Å². The summed E-state index contributed by atoms with van der Waals surface area (Å²) in [4.78, 5) is 24.9. The Morgan fingerprint density at radius 2 is 2.00 bits per heavy atom. The summed E-state index contributed by atoms with van der Waals surface area (Å²) in [5.74, 6) is 0.0691. The normalized spacial score (nSPS) is 15.9. The lowest BCUT2D eigenvalue weighted by molar-refractivity contribution is 0.0638. The molecule has 4 rings (SSSR count). The molecule has 3 aromatic rings. The number of halogens is 2. The van der Waals surface area contributed by atoms with Gasteiger partial charge in [-0.1, -0.05) is 36.4 Å². The van der Waals surface area contributed by atoms with Gasteiger partial charge in [0.05, 0.1) is 16.7 Å². The lowest BCUT2D eigenvalue weighted by Gasteiger charge is -2.36. The number of carbonyl (C=O) groups is 1. The summed E-state index contributed by atoms with van der Waals surface area (Å²) in [6.07, 6.45) is 4.36. The molecule has 2 aromatic heterocycles. The smallest absolute Gasteiger partial charge is 0.266 e. The number of rotatable bonds is 4. The molecule has 154 valence electrons. The minimum absolute atomic E-state index is 0. The van der Waals surface area contributed by atoms with Gasteiger partial charge in [-0.25, -0.2) is 4.98 Å². The Morgan fingerprint density at radius 3 is 2.72 bits per heavy atom. The Labute approximate surface area is 187 Å². The number of carbonyl (C=O) groups excluding carboxylic acids is 1. The third kappa shape index (κ3) is 5.34. The van der Waals surface area contributed by atoms with E-state index in [-0.39, 0.29) is 36.8 Å². The number of nitrogens with zero attached hydrogens (tertiary/aromatic N) is 3. The molecule has 1 aliphatic rings. The van der Waals surface area contributed by atoms with Gasteiger partial charge in [-0.3, -0.25) is 9.78 Å². The molecule has 0 bridgehead atoms. The van der Waals surface area contributed by atoms with Gasteiger partial charge >= 0.3 is 0 Å². The highest BCUT2D eigenvalue weighted by atomic mass is 35.5. The van der Waals surface area contributed by atoms with Crippen LogP contribution in [0.4, 0.5) is 0 Å². The van der Waals surface area contributed by atoms with Crippen molar-refractivity contribution in [1.82, 2.24) is 20.2 Å². The molecule has 1 fully saturated rings. The zero-order valence-corrected chi connectivity index (χ0v) is 18.5. The second kappa shape index (κ2) is 10.7. The lowest BCUT2D eigenvalue weighted by Crippen LogP contribution is -2.48. The summed E-state index contributed by atoms with van der Waals surface area (Å²) >= 11 is 1.51. The van der Waals surface area contributed by atoms with Gasteiger partial charge in [0, 0.05) is 38.4 Å². The van der Waals surface area contributed by atoms with Crippen LogP contribution in [0.25, 0.3) is 0 Å². The molecule has 29 heavy (non-hydrogen) atoms. The first-order valence-electron chi connectivity index (χ1n) is 9.14. The largest absolute Gasteiger partial charge is 0.328 e. The van der Waals surface area contributed by atoms with Crippen molar-refractivity contribution in [2.24, 2.45) is 0 Å². The van der Waals surface area contributed by atoms with Crippen molar-refractivity contribution in [3.63, 3.8) is 0 Å². The average Bonchev–Trinajstić information content (AvgIpc) is 3.09. The van der Waals surface area contributed by atoms with Crippen molar-refractivity contribution in [3.8, 4) is 0 Å². The average molecular weight is 451 g/mol. The summed E-state index contributed by atoms with van der Waals surface area (Å²) < 4.78 is 0. The van der Waals surface area contributed by atoms with E-state index in [0.29, 0.717) is 6.54 Å². The second-order valence-corrected chi connectivity index (χ2v) is 7.77. The number of aryl methyl sites for hydroxylation is 1. The number of benzene rings is 1. The van der Waals surface area contributed by atoms with E-state index in [9.17, 15) is 4.79 Å². The topological polar surface area (TPSA) is 58.1 Å². The summed E-state index contributed by atoms with van der Waals surface area (Å²) in [6, 6.07) is 14.2. The maximum Gasteiger partial charge on any atom is 0.266 e. The van der Waals surface area contributed by atoms with Gasteiger partial charge in [-0.15, -0.1) is 36.2 Å². The first kappa shape index (κ1) is 23.3. The maximum absolute atomic E-state index is 13.3. The van der Waals surface area contributed by atoms with Crippen LogP contribution in [0.1, 0.15) is 37.5 Å². The Balaban J connectivity index is 0.00000150. The zero-order valence-electron chi connectivity index (χ0n) is 16.1. The quantitative estimate of drug-likeness (QED) is 0.650. The van der Waals surface area contributed by atoms with Crippen LogP contribution >= 0.6 is 36.2 Å². The number of thiazole rings is 1. The predicted molar refractivity (Wildman–Crippen MR) is 121 cm³/mol. The molecule has 0 saturated carbocycles. The van der Waals surface area contributed by atoms with Gasteiger partial charge in [0.25, 0.3) is 5.91 Å². The molecule has 5 nitrogen and oxygen atoms in total. The first-order chi connectivity index (χ1) is 13.2. The van der Waals surface area contributed by atoms with Crippen molar-refractivity contribution < 1.29 is 4.79 Å². The van der Waals surface area contributed by atoms with Gasteiger partial charge in [0.15, 0.2) is 0 Å². The fraction of sp³-hybridized carbons (Fsp3) is 0.286. The van der Waals surface area contributed by atoms with E-state index in [2.05, 4.69) is 27.4 Å². The third-order valence-electron chi connectivity index (χ3n) is 4.81. The molecular weight excluding hydrogens is 427 g/mol. The van der Waals surface area contributed by atoms with Gasteiger partial charge in [0.2, 0.25) is 0 Å². The zero-order chi connectivity index (χ0) is 18.6. The SMILES string of the molecule is Cc1nc(Cc2ccccc2)sc1C(=O)N1CCNCC1c1cccnc1.Cl.Cl. The number of aromatic nitrogens is 2. The highest BCUT2D eigenvalue weighted by molar-refractivity contribution is 7.13. The van der Waals surface area contributed by atoms with Crippen LogP contribution in [0.5, 0.6) is 0 Å². The molecule has 1 saturated heterocycles. The number of nitrogens with one attached hydrogen (secondary N) is 1. The molecule has 0 spiro atoms. The van der Waals surface area contributed by atoms with E-state index in [0.717, 1.165) is 40.7 Å². The number of hydrogen-bond acceptors (Lipinski definition) is 5. The number of piperazine rings is 1. The van der Waals surface area contributed by atoms with Gasteiger partial charge in [-0.05, 0) is 24.1 Å². The molecule has 1 aliphatic heterocycles. The van der Waals surface area contributed by atoms with Crippen molar-refractivity contribution in [3.05, 3.63) is 81.6 Å². The van der Waals surface area contributed by atoms with Crippen LogP contribution in [-0.2, 0) is 6.42 Å². The molecule has 3 heterocycles. The number of pyridine rings is 1. The lowest BCUT2D eigenvalue weighted by atomic mass is 10.0. The molecule has 1 atom stereocenters. The third-order valence-corrected chi connectivity index (χ3v) is 5.95. The first-order valence-corrected chi connectivity index (χ1v) is 9.96. The fourth-order valence-corrected chi connectivity index (χ4v) is 4.50. The summed E-state index contributed by atoms with van der Waals surface area (Å²) in [7, 11) is 0. The van der Waals surface area contributed by atoms with E-state index >= 15 is 0 Å². The Kier molecular flexibility index (Phi) is 8.59. The van der Waals surface area contributed by atoms with Crippen LogP contribution < -0.4 is 5.32 Å². The van der Waals surface area contributed by atoms with Gasteiger partial charge in [0.1, 0.15) is 4.88 Å². The number of amides is 1. The summed E-state index contributed by atoms with van der Waals surface area (Å²) in [5.41, 5.74) is 3.09. The van der Waals surface area contributed by atoms with Gasteiger partial charge < -0.3 is 10.2 Å². The maximum atomic E-state index is 13.3. The van der Waals surface area contributed by atoms with Crippen LogP contribution in [0.2, 0.25) is 0 Å². The molecule has 0 radical (unpaired) electrons. The minimum Gasteiger partial charge on any atom is -0.328 e. The Morgan fingerprint density at radius 1 is 1.21 bits per heavy atom. The minimum atomic E-state index is -0.000904. The Hall–Kier alpha value is -1.99. The van der Waals surface area contributed by atoms with Crippen LogP contribution in [0, 0.1) is 6.92 Å². The van der Waals surface area contributed by atoms with Crippen LogP contribution in [0.3, 0.4) is 0 Å².